The van der Waals surface area contributed by atoms with Gasteiger partial charge in [0.05, 0.1) is 12.2 Å². The van der Waals surface area contributed by atoms with E-state index in [-0.39, 0.29) is 0 Å². The first-order valence-electron chi connectivity index (χ1n) is 11.7. The number of nitrogens with one attached hydrogen (secondary N) is 2. The van der Waals surface area contributed by atoms with Crippen LogP contribution in [0.5, 0.6) is 0 Å². The van der Waals surface area contributed by atoms with Gasteiger partial charge in [-0.2, -0.15) is 0 Å². The molecule has 4 aromatic rings. The van der Waals surface area contributed by atoms with E-state index in [2.05, 4.69) is 59.5 Å². The van der Waals surface area contributed by atoms with Gasteiger partial charge in [-0.05, 0) is 62.3 Å². The smallest absolute Gasteiger partial charge is 0.137 e. The van der Waals surface area contributed by atoms with Crippen molar-refractivity contribution >= 4 is 23.4 Å². The molecule has 176 valence electrons. The molecule has 2 aliphatic carbocycles. The summed E-state index contributed by atoms with van der Waals surface area (Å²) >= 11 is 0. The lowest BCUT2D eigenvalue weighted by atomic mass is 10.2. The maximum atomic E-state index is 9.57. The number of aromatic nitrogens is 5. The molecule has 0 bridgehead atoms. The second kappa shape index (κ2) is 11.4. The molecule has 2 N–H and O–H groups in total. The molecule has 0 spiro atoms. The maximum absolute atomic E-state index is 9.57. The Hall–Kier alpha value is -3.81. The third-order valence-electron chi connectivity index (χ3n) is 5.61. The predicted molar refractivity (Wildman–Crippen MR) is 134 cm³/mol. The normalized spacial score (nSPS) is 14.3. The quantitative estimate of drug-likeness (QED) is 0.407. The van der Waals surface area contributed by atoms with Crippen molar-refractivity contribution in [1.82, 2.24) is 24.3 Å². The second-order valence-corrected chi connectivity index (χ2v) is 8.59. The molecule has 0 unspecified atom stereocenters. The van der Waals surface area contributed by atoms with Gasteiger partial charge in [0.2, 0.25) is 0 Å². The van der Waals surface area contributed by atoms with Crippen LogP contribution in [0.3, 0.4) is 0 Å². The van der Waals surface area contributed by atoms with Gasteiger partial charge in [-0.3, -0.25) is 0 Å². The van der Waals surface area contributed by atoms with Gasteiger partial charge in [0.15, 0.2) is 0 Å². The van der Waals surface area contributed by atoms with Crippen molar-refractivity contribution < 1.29 is 4.79 Å². The number of anilines is 2. The minimum atomic E-state index is 0.454. The fourth-order valence-corrected chi connectivity index (χ4v) is 3.26. The monoisotopic (exact) mass is 457 g/mol. The van der Waals surface area contributed by atoms with Crippen molar-refractivity contribution in [3.05, 3.63) is 78.4 Å². The molecule has 2 fully saturated rings. The number of hydrogen-bond acceptors (Lipinski definition) is 7. The van der Waals surface area contributed by atoms with Crippen LogP contribution in [-0.4, -0.2) is 37.7 Å². The van der Waals surface area contributed by atoms with E-state index in [0.717, 1.165) is 53.6 Å². The number of carbonyl (C=O) groups excluding carboxylic acids is 1. The molecule has 0 atom stereocenters. The number of pyridine rings is 2. The van der Waals surface area contributed by atoms with Crippen LogP contribution in [0, 0.1) is 12.8 Å². The van der Waals surface area contributed by atoms with Gasteiger partial charge < -0.3 is 19.8 Å². The van der Waals surface area contributed by atoms with Crippen LogP contribution in [0.25, 0.3) is 5.65 Å². The molecular weight excluding hydrogens is 426 g/mol. The first kappa shape index (κ1) is 23.4. The van der Waals surface area contributed by atoms with Crippen LogP contribution in [0.15, 0.2) is 61.4 Å². The molecule has 4 heterocycles. The van der Waals surface area contributed by atoms with Crippen molar-refractivity contribution in [2.75, 3.05) is 17.7 Å². The number of rotatable bonds is 6. The Morgan fingerprint density at radius 2 is 1.91 bits per heavy atom. The molecule has 0 aliphatic heterocycles. The van der Waals surface area contributed by atoms with Gasteiger partial charge in [-0.25, -0.2) is 19.9 Å². The summed E-state index contributed by atoms with van der Waals surface area (Å²) in [5.74, 6) is 2.08. The van der Waals surface area contributed by atoms with Crippen LogP contribution < -0.4 is 10.6 Å². The summed E-state index contributed by atoms with van der Waals surface area (Å²) in [5.41, 5.74) is 5.52. The SMILES string of the molecule is CNc1cc(NCc2cn3cc(C4CC4)ccc3n2)ccn1.Cc1ccncn1.O=CC1CC1. The fraction of sp³-hybridized carbons (Fsp3) is 0.346. The summed E-state index contributed by atoms with van der Waals surface area (Å²) in [5, 5.41) is 6.43. The van der Waals surface area contributed by atoms with Crippen LogP contribution in [-0.2, 0) is 11.3 Å². The van der Waals surface area contributed by atoms with Gasteiger partial charge in [0, 0.05) is 55.2 Å². The first-order chi connectivity index (χ1) is 16.6. The summed E-state index contributed by atoms with van der Waals surface area (Å²) in [6.07, 6.45) is 15.3. The fourth-order valence-electron chi connectivity index (χ4n) is 3.26. The summed E-state index contributed by atoms with van der Waals surface area (Å²) in [4.78, 5) is 26.0. The molecule has 2 saturated carbocycles. The maximum Gasteiger partial charge on any atom is 0.137 e. The molecule has 0 saturated heterocycles. The molecule has 0 aromatic carbocycles. The zero-order valence-corrected chi connectivity index (χ0v) is 19.7. The van der Waals surface area contributed by atoms with Crippen molar-refractivity contribution in [3.63, 3.8) is 0 Å². The summed E-state index contributed by atoms with van der Waals surface area (Å²) in [6.45, 7) is 2.63. The lowest BCUT2D eigenvalue weighted by Gasteiger charge is -2.05. The molecule has 4 aromatic heterocycles. The Bertz CT molecular complexity index is 1200. The zero-order valence-electron chi connectivity index (χ0n) is 19.7. The van der Waals surface area contributed by atoms with Crippen molar-refractivity contribution in [3.8, 4) is 0 Å². The largest absolute Gasteiger partial charge is 0.379 e. The minimum absolute atomic E-state index is 0.454. The lowest BCUT2D eigenvalue weighted by molar-refractivity contribution is -0.108. The van der Waals surface area contributed by atoms with Crippen LogP contribution in [0.2, 0.25) is 0 Å². The number of aryl methyl sites for hydroxylation is 1. The molecule has 8 heteroatoms. The van der Waals surface area contributed by atoms with Crippen LogP contribution in [0.1, 0.15) is 48.6 Å². The highest BCUT2D eigenvalue weighted by atomic mass is 16.1. The highest BCUT2D eigenvalue weighted by Crippen LogP contribution is 2.39. The van der Waals surface area contributed by atoms with Crippen molar-refractivity contribution in [2.45, 2.75) is 45.1 Å². The number of hydrogen-bond donors (Lipinski definition) is 2. The van der Waals surface area contributed by atoms with Gasteiger partial charge in [-0.15, -0.1) is 0 Å². The van der Waals surface area contributed by atoms with E-state index in [4.69, 9.17) is 0 Å². The Labute approximate surface area is 199 Å². The van der Waals surface area contributed by atoms with Crippen LogP contribution in [0.4, 0.5) is 11.5 Å². The average molecular weight is 458 g/mol. The third-order valence-corrected chi connectivity index (χ3v) is 5.61. The van der Waals surface area contributed by atoms with Crippen LogP contribution >= 0.6 is 0 Å². The van der Waals surface area contributed by atoms with E-state index in [1.807, 2.05) is 32.2 Å². The minimum Gasteiger partial charge on any atom is -0.379 e. The Morgan fingerprint density at radius 1 is 1.06 bits per heavy atom. The first-order valence-corrected chi connectivity index (χ1v) is 11.7. The van der Waals surface area contributed by atoms with E-state index in [9.17, 15) is 4.79 Å². The highest BCUT2D eigenvalue weighted by Gasteiger charge is 2.23. The van der Waals surface area contributed by atoms with E-state index in [1.54, 1.807) is 12.4 Å². The van der Waals surface area contributed by atoms with E-state index >= 15 is 0 Å². The highest BCUT2D eigenvalue weighted by molar-refractivity contribution is 5.56. The predicted octanol–water partition coefficient (Wildman–Crippen LogP) is 4.64. The average Bonchev–Trinajstić information content (AvgIpc) is 3.81. The third kappa shape index (κ3) is 7.10. The number of aldehydes is 1. The number of carbonyl (C=O) groups is 1. The van der Waals surface area contributed by atoms with Gasteiger partial charge >= 0.3 is 0 Å². The van der Waals surface area contributed by atoms with E-state index < -0.39 is 0 Å². The molecule has 2 aliphatic rings. The van der Waals surface area contributed by atoms with Gasteiger partial charge in [0.1, 0.15) is 24.1 Å². The van der Waals surface area contributed by atoms with E-state index in [0.29, 0.717) is 12.5 Å². The molecule has 6 rings (SSSR count). The number of nitrogens with zero attached hydrogens (tertiary/aromatic N) is 5. The summed E-state index contributed by atoms with van der Waals surface area (Å²) in [7, 11) is 1.87. The van der Waals surface area contributed by atoms with Gasteiger partial charge in [-0.1, -0.05) is 6.07 Å². The zero-order chi connectivity index (χ0) is 23.8. The second-order valence-electron chi connectivity index (χ2n) is 8.59. The number of fused-ring (bicyclic) bond motifs is 1. The Kier molecular flexibility index (Phi) is 7.80. The lowest BCUT2D eigenvalue weighted by Crippen LogP contribution is -2.01. The number of imidazole rings is 1. The molecular formula is C26H31N7O. The molecule has 0 amide bonds. The standard InChI is InChI=1S/C17H19N5.C5H6N2.C4H6O/c1-18-16-8-14(6-7-19-16)20-9-15-11-22-10-13(12-2-3-12)4-5-17(22)21-15;1-5-2-3-6-4-7-5;5-3-4-1-2-4/h4-8,10-12H,2-3,9H2,1H3,(H2,18,19,20);2-4H,1H3;3-4H,1-2H2. The summed E-state index contributed by atoms with van der Waals surface area (Å²) in [6, 6.07) is 10.1. The van der Waals surface area contributed by atoms with Gasteiger partial charge in [0.25, 0.3) is 0 Å². The topological polar surface area (TPSA) is 97.1 Å². The molecule has 0 radical (unpaired) electrons. The summed E-state index contributed by atoms with van der Waals surface area (Å²) < 4.78 is 2.14. The van der Waals surface area contributed by atoms with E-state index in [1.165, 1.54) is 24.7 Å². The van der Waals surface area contributed by atoms with Crippen molar-refractivity contribution in [2.24, 2.45) is 5.92 Å². The molecule has 8 nitrogen and oxygen atoms in total. The van der Waals surface area contributed by atoms with Crippen molar-refractivity contribution in [1.29, 1.82) is 0 Å². The Balaban J connectivity index is 0.000000186. The molecule has 34 heavy (non-hydrogen) atoms. The Morgan fingerprint density at radius 3 is 2.50 bits per heavy atom.